The Labute approximate surface area is 121 Å². The summed E-state index contributed by atoms with van der Waals surface area (Å²) >= 11 is 0. The van der Waals surface area contributed by atoms with Crippen LogP contribution in [0.25, 0.3) is 0 Å². The molecule has 1 saturated heterocycles. The molecule has 1 heterocycles. The molecule has 0 spiro atoms. The predicted octanol–water partition coefficient (Wildman–Crippen LogP) is 3.14. The molecule has 2 N–H and O–H groups in total. The third kappa shape index (κ3) is 4.22. The predicted molar refractivity (Wildman–Crippen MR) is 81.9 cm³/mol. The van der Waals surface area contributed by atoms with E-state index in [1.54, 1.807) is 12.1 Å². The Morgan fingerprint density at radius 1 is 1.11 bits per heavy atom. The number of likely N-dealkylation sites (tertiary alicyclic amines) is 1. The van der Waals surface area contributed by atoms with Crippen molar-refractivity contribution >= 4 is 23.9 Å². The van der Waals surface area contributed by atoms with Gasteiger partial charge in [-0.15, -0.1) is 12.4 Å². The highest BCUT2D eigenvalue weighted by Crippen LogP contribution is 2.16. The first kappa shape index (κ1) is 16.0. The maximum atomic E-state index is 12.4. The van der Waals surface area contributed by atoms with E-state index in [0.717, 1.165) is 18.7 Å². The molecular formula is C15H23ClN2O. The monoisotopic (exact) mass is 282 g/mol. The Bertz CT molecular complexity index is 397. The minimum absolute atomic E-state index is 0. The van der Waals surface area contributed by atoms with E-state index >= 15 is 0 Å². The number of rotatable bonds is 3. The first-order valence-corrected chi connectivity index (χ1v) is 6.82. The smallest absolute Gasteiger partial charge is 0.179 e. The highest BCUT2D eigenvalue weighted by molar-refractivity contribution is 6.00. The Kier molecular flexibility index (Phi) is 6.32. The van der Waals surface area contributed by atoms with Gasteiger partial charge in [0.2, 0.25) is 0 Å². The summed E-state index contributed by atoms with van der Waals surface area (Å²) in [6.45, 7) is 4.10. The van der Waals surface area contributed by atoms with Crippen LogP contribution in [0.3, 0.4) is 0 Å². The van der Waals surface area contributed by atoms with Crippen molar-refractivity contribution < 1.29 is 4.79 Å². The summed E-state index contributed by atoms with van der Waals surface area (Å²) in [5.41, 5.74) is 7.11. The lowest BCUT2D eigenvalue weighted by Gasteiger charge is -2.26. The maximum absolute atomic E-state index is 12.4. The van der Waals surface area contributed by atoms with Gasteiger partial charge in [-0.2, -0.15) is 0 Å². The summed E-state index contributed by atoms with van der Waals surface area (Å²) in [5, 5.41) is 0. The number of hydrogen-bond acceptors (Lipinski definition) is 3. The van der Waals surface area contributed by atoms with Gasteiger partial charge in [-0.3, -0.25) is 9.69 Å². The highest BCUT2D eigenvalue weighted by Gasteiger charge is 2.22. The van der Waals surface area contributed by atoms with E-state index in [0.29, 0.717) is 5.69 Å². The molecular weight excluding hydrogens is 260 g/mol. The average Bonchev–Trinajstić information content (AvgIpc) is 2.67. The molecule has 4 heteroatoms. The Morgan fingerprint density at radius 2 is 1.63 bits per heavy atom. The lowest BCUT2D eigenvalue weighted by atomic mass is 10.0. The molecule has 1 fully saturated rings. The third-order valence-electron chi connectivity index (χ3n) is 3.76. The van der Waals surface area contributed by atoms with Gasteiger partial charge in [0.1, 0.15) is 0 Å². The summed E-state index contributed by atoms with van der Waals surface area (Å²) < 4.78 is 0. The van der Waals surface area contributed by atoms with Crippen LogP contribution in [0, 0.1) is 0 Å². The average molecular weight is 283 g/mol. The number of Topliss-reactive ketones (excluding diaryl/α,β-unsaturated/α-hetero) is 1. The number of halogens is 1. The number of nitrogen functional groups attached to an aromatic ring is 1. The van der Waals surface area contributed by atoms with Gasteiger partial charge in [-0.05, 0) is 57.1 Å². The minimum atomic E-state index is -0.0216. The van der Waals surface area contributed by atoms with Crippen molar-refractivity contribution in [3.63, 3.8) is 0 Å². The molecule has 0 saturated carbocycles. The zero-order valence-electron chi connectivity index (χ0n) is 11.5. The van der Waals surface area contributed by atoms with E-state index in [4.69, 9.17) is 5.73 Å². The normalized spacial score (nSPS) is 18.2. The van der Waals surface area contributed by atoms with Crippen LogP contribution in [0.2, 0.25) is 0 Å². The molecule has 1 aliphatic heterocycles. The topological polar surface area (TPSA) is 46.3 Å². The van der Waals surface area contributed by atoms with Crippen molar-refractivity contribution in [3.05, 3.63) is 29.8 Å². The van der Waals surface area contributed by atoms with Crippen LogP contribution in [0.1, 0.15) is 43.0 Å². The summed E-state index contributed by atoms with van der Waals surface area (Å²) in [6, 6.07) is 7.22. The number of benzene rings is 1. The zero-order valence-corrected chi connectivity index (χ0v) is 12.3. The van der Waals surface area contributed by atoms with Crippen molar-refractivity contribution in [3.8, 4) is 0 Å². The van der Waals surface area contributed by atoms with Gasteiger partial charge in [-0.25, -0.2) is 0 Å². The molecule has 0 amide bonds. The zero-order chi connectivity index (χ0) is 13.0. The van der Waals surface area contributed by atoms with Gasteiger partial charge >= 0.3 is 0 Å². The van der Waals surface area contributed by atoms with Gasteiger partial charge in [0.25, 0.3) is 0 Å². The van der Waals surface area contributed by atoms with Gasteiger partial charge in [0, 0.05) is 11.3 Å². The number of carbonyl (C=O) groups excluding carboxylic acids is 1. The lowest BCUT2D eigenvalue weighted by Crippen LogP contribution is -2.39. The number of ketones is 1. The molecule has 19 heavy (non-hydrogen) atoms. The summed E-state index contributed by atoms with van der Waals surface area (Å²) in [4.78, 5) is 14.7. The second kappa shape index (κ2) is 7.51. The number of nitrogens with zero attached hydrogens (tertiary/aromatic N) is 1. The van der Waals surface area contributed by atoms with Crippen LogP contribution >= 0.6 is 12.4 Å². The fourth-order valence-electron chi connectivity index (χ4n) is 2.54. The minimum Gasteiger partial charge on any atom is -0.399 e. The van der Waals surface area contributed by atoms with Crippen LogP contribution in [0.4, 0.5) is 5.69 Å². The Hall–Kier alpha value is -1.06. The number of anilines is 1. The van der Waals surface area contributed by atoms with E-state index in [2.05, 4.69) is 4.90 Å². The summed E-state index contributed by atoms with van der Waals surface area (Å²) in [6.07, 6.45) is 5.00. The number of nitrogens with two attached hydrogens (primary N) is 1. The molecule has 1 aromatic rings. The quantitative estimate of drug-likeness (QED) is 0.684. The van der Waals surface area contributed by atoms with Gasteiger partial charge < -0.3 is 5.73 Å². The molecule has 0 bridgehead atoms. The van der Waals surface area contributed by atoms with Crippen molar-refractivity contribution in [1.29, 1.82) is 0 Å². The van der Waals surface area contributed by atoms with Crippen LogP contribution in [0.15, 0.2) is 24.3 Å². The highest BCUT2D eigenvalue weighted by atomic mass is 35.5. The molecule has 0 aromatic heterocycles. The van der Waals surface area contributed by atoms with Crippen molar-refractivity contribution in [1.82, 2.24) is 4.90 Å². The Balaban J connectivity index is 0.00000180. The second-order valence-electron chi connectivity index (χ2n) is 5.11. The van der Waals surface area contributed by atoms with E-state index in [1.807, 2.05) is 19.1 Å². The standard InChI is InChI=1S/C15H22N2O.ClH/c1-12(17-10-4-2-3-5-11-17)15(18)13-6-8-14(16)9-7-13;/h6-9,12H,2-5,10-11,16H2,1H3;1H. The van der Waals surface area contributed by atoms with Crippen LogP contribution in [-0.4, -0.2) is 29.8 Å². The molecule has 106 valence electrons. The number of hydrogen-bond donors (Lipinski definition) is 1. The number of carbonyl (C=O) groups is 1. The molecule has 1 aliphatic rings. The van der Waals surface area contributed by atoms with Crippen LogP contribution in [-0.2, 0) is 0 Å². The molecule has 0 radical (unpaired) electrons. The van der Waals surface area contributed by atoms with E-state index in [9.17, 15) is 4.79 Å². The lowest BCUT2D eigenvalue weighted by molar-refractivity contribution is 0.0843. The summed E-state index contributed by atoms with van der Waals surface area (Å²) in [7, 11) is 0. The molecule has 3 nitrogen and oxygen atoms in total. The van der Waals surface area contributed by atoms with E-state index in [-0.39, 0.29) is 24.2 Å². The molecule has 2 rings (SSSR count). The largest absolute Gasteiger partial charge is 0.399 e. The van der Waals surface area contributed by atoms with E-state index < -0.39 is 0 Å². The molecule has 1 aromatic carbocycles. The third-order valence-corrected chi connectivity index (χ3v) is 3.76. The molecule has 0 aliphatic carbocycles. The van der Waals surface area contributed by atoms with Gasteiger partial charge in [-0.1, -0.05) is 12.8 Å². The van der Waals surface area contributed by atoms with Crippen molar-refractivity contribution in [2.75, 3.05) is 18.8 Å². The van der Waals surface area contributed by atoms with Crippen molar-refractivity contribution in [2.24, 2.45) is 0 Å². The van der Waals surface area contributed by atoms with Crippen molar-refractivity contribution in [2.45, 2.75) is 38.6 Å². The first-order chi connectivity index (χ1) is 8.68. The first-order valence-electron chi connectivity index (χ1n) is 6.82. The van der Waals surface area contributed by atoms with Gasteiger partial charge in [0.05, 0.1) is 6.04 Å². The van der Waals surface area contributed by atoms with Gasteiger partial charge in [0.15, 0.2) is 5.78 Å². The van der Waals surface area contributed by atoms with E-state index in [1.165, 1.54) is 25.7 Å². The maximum Gasteiger partial charge on any atom is 0.179 e. The fourth-order valence-corrected chi connectivity index (χ4v) is 2.54. The summed E-state index contributed by atoms with van der Waals surface area (Å²) in [5.74, 6) is 0.205. The second-order valence-corrected chi connectivity index (χ2v) is 5.11. The molecule has 1 unspecified atom stereocenters. The SMILES string of the molecule is CC(C(=O)c1ccc(N)cc1)N1CCCCCC1.Cl. The molecule has 1 atom stereocenters. The van der Waals surface area contributed by atoms with Crippen LogP contribution in [0.5, 0.6) is 0 Å². The van der Waals surface area contributed by atoms with Crippen LogP contribution < -0.4 is 5.73 Å². The Morgan fingerprint density at radius 3 is 2.16 bits per heavy atom. The fraction of sp³-hybridized carbons (Fsp3) is 0.533.